The second kappa shape index (κ2) is 5.88. The summed E-state index contributed by atoms with van der Waals surface area (Å²) in [5.74, 6) is -0.120. The number of hydrogen-bond donors (Lipinski definition) is 1. The maximum absolute atomic E-state index is 14.2. The van der Waals surface area contributed by atoms with Crippen LogP contribution in [0.15, 0.2) is 18.2 Å². The monoisotopic (exact) mass is 265 g/mol. The number of rotatable bonds is 3. The maximum atomic E-state index is 14.2. The van der Waals surface area contributed by atoms with Crippen LogP contribution in [0.2, 0.25) is 0 Å². The van der Waals surface area contributed by atoms with Crippen molar-refractivity contribution in [1.82, 2.24) is 10.2 Å². The van der Waals surface area contributed by atoms with Gasteiger partial charge in [0.15, 0.2) is 0 Å². The Bertz CT molecular complexity index is 435. The number of halogens is 1. The summed E-state index contributed by atoms with van der Waals surface area (Å²) in [6, 6.07) is 5.81. The Balaban J connectivity index is 2.36. The number of piperazine rings is 1. The van der Waals surface area contributed by atoms with Crippen molar-refractivity contribution in [3.63, 3.8) is 0 Å². The molecular weight excluding hydrogens is 241 g/mol. The minimum absolute atomic E-state index is 0.0167. The average molecular weight is 265 g/mol. The first-order valence-electron chi connectivity index (χ1n) is 6.95. The summed E-state index contributed by atoms with van der Waals surface area (Å²) in [4.78, 5) is 4.65. The molecule has 0 aliphatic carbocycles. The first kappa shape index (κ1) is 14.3. The van der Waals surface area contributed by atoms with E-state index in [0.29, 0.717) is 6.04 Å². The van der Waals surface area contributed by atoms with Gasteiger partial charge in [-0.3, -0.25) is 0 Å². The molecule has 1 aliphatic rings. The van der Waals surface area contributed by atoms with Gasteiger partial charge in [-0.15, -0.1) is 0 Å². The van der Waals surface area contributed by atoms with E-state index in [1.807, 2.05) is 26.1 Å². The summed E-state index contributed by atoms with van der Waals surface area (Å²) in [6.07, 6.45) is 0. The van der Waals surface area contributed by atoms with E-state index < -0.39 is 0 Å². The zero-order chi connectivity index (χ0) is 14.0. The molecule has 4 heteroatoms. The Morgan fingerprint density at radius 1 is 1.37 bits per heavy atom. The molecule has 1 aromatic carbocycles. The molecular formula is C15H24FN3. The molecule has 0 saturated carbocycles. The standard InChI is InChI=1S/C15H24FN3/c1-11-10-18(4)8-9-19(11)14-7-5-6-13(16)15(14)12(2)17-3/h5-7,11-12,17H,8-10H2,1-4H3. The number of hydrogen-bond acceptors (Lipinski definition) is 3. The van der Waals surface area contributed by atoms with Gasteiger partial charge < -0.3 is 15.1 Å². The third-order valence-electron chi connectivity index (χ3n) is 4.04. The molecule has 1 saturated heterocycles. The number of likely N-dealkylation sites (N-methyl/N-ethyl adjacent to an activating group) is 1. The van der Waals surface area contributed by atoms with Crippen molar-refractivity contribution in [2.24, 2.45) is 0 Å². The highest BCUT2D eigenvalue weighted by Gasteiger charge is 2.26. The summed E-state index contributed by atoms with van der Waals surface area (Å²) in [5, 5.41) is 3.15. The Kier molecular flexibility index (Phi) is 4.42. The summed E-state index contributed by atoms with van der Waals surface area (Å²) in [7, 11) is 4.00. The highest BCUT2D eigenvalue weighted by Crippen LogP contribution is 2.31. The van der Waals surface area contributed by atoms with Crippen LogP contribution in [-0.4, -0.2) is 44.7 Å². The number of nitrogens with zero attached hydrogens (tertiary/aromatic N) is 2. The third kappa shape index (κ3) is 2.90. The lowest BCUT2D eigenvalue weighted by Gasteiger charge is -2.41. The van der Waals surface area contributed by atoms with Crippen LogP contribution in [0.5, 0.6) is 0 Å². The van der Waals surface area contributed by atoms with Gasteiger partial charge in [0, 0.05) is 43.0 Å². The predicted molar refractivity (Wildman–Crippen MR) is 78.2 cm³/mol. The smallest absolute Gasteiger partial charge is 0.130 e. The molecule has 1 fully saturated rings. The SMILES string of the molecule is CNC(C)c1c(F)cccc1N1CCN(C)CC1C. The highest BCUT2D eigenvalue weighted by atomic mass is 19.1. The van der Waals surface area contributed by atoms with E-state index >= 15 is 0 Å². The summed E-state index contributed by atoms with van der Waals surface area (Å²) < 4.78 is 14.2. The minimum Gasteiger partial charge on any atom is -0.366 e. The zero-order valence-corrected chi connectivity index (χ0v) is 12.3. The van der Waals surface area contributed by atoms with Gasteiger partial charge in [-0.2, -0.15) is 0 Å². The Morgan fingerprint density at radius 2 is 2.11 bits per heavy atom. The van der Waals surface area contributed by atoms with Crippen LogP contribution in [0.25, 0.3) is 0 Å². The van der Waals surface area contributed by atoms with Crippen LogP contribution >= 0.6 is 0 Å². The van der Waals surface area contributed by atoms with Crippen molar-refractivity contribution in [3.8, 4) is 0 Å². The van der Waals surface area contributed by atoms with Gasteiger partial charge in [0.05, 0.1) is 0 Å². The van der Waals surface area contributed by atoms with Crippen LogP contribution < -0.4 is 10.2 Å². The van der Waals surface area contributed by atoms with Crippen molar-refractivity contribution in [2.75, 3.05) is 38.6 Å². The van der Waals surface area contributed by atoms with Gasteiger partial charge in [-0.1, -0.05) is 6.07 Å². The lowest BCUT2D eigenvalue weighted by Crippen LogP contribution is -2.51. The van der Waals surface area contributed by atoms with Gasteiger partial charge in [-0.25, -0.2) is 4.39 Å². The van der Waals surface area contributed by atoms with E-state index in [1.165, 1.54) is 0 Å². The summed E-state index contributed by atoms with van der Waals surface area (Å²) >= 11 is 0. The molecule has 1 heterocycles. The van der Waals surface area contributed by atoms with E-state index in [-0.39, 0.29) is 11.9 Å². The van der Waals surface area contributed by atoms with E-state index in [1.54, 1.807) is 6.07 Å². The Hall–Kier alpha value is -1.13. The molecule has 2 unspecified atom stereocenters. The molecule has 2 atom stereocenters. The largest absolute Gasteiger partial charge is 0.366 e. The number of nitrogens with one attached hydrogen (secondary N) is 1. The lowest BCUT2D eigenvalue weighted by atomic mass is 10.0. The summed E-state index contributed by atoms with van der Waals surface area (Å²) in [5.41, 5.74) is 1.81. The predicted octanol–water partition coefficient (Wildman–Crippen LogP) is 2.25. The van der Waals surface area contributed by atoms with E-state index in [2.05, 4.69) is 29.1 Å². The molecule has 19 heavy (non-hydrogen) atoms. The van der Waals surface area contributed by atoms with Crippen molar-refractivity contribution in [3.05, 3.63) is 29.6 Å². The van der Waals surface area contributed by atoms with Crippen LogP contribution in [0.3, 0.4) is 0 Å². The average Bonchev–Trinajstić information content (AvgIpc) is 2.37. The van der Waals surface area contributed by atoms with E-state index in [4.69, 9.17) is 0 Å². The maximum Gasteiger partial charge on any atom is 0.130 e. The molecule has 0 amide bonds. The van der Waals surface area contributed by atoms with Crippen LogP contribution in [0.4, 0.5) is 10.1 Å². The fourth-order valence-corrected chi connectivity index (χ4v) is 2.85. The Morgan fingerprint density at radius 3 is 2.74 bits per heavy atom. The minimum atomic E-state index is -0.120. The van der Waals surface area contributed by atoms with Gasteiger partial charge in [0.2, 0.25) is 0 Å². The van der Waals surface area contributed by atoms with Crippen molar-refractivity contribution in [2.45, 2.75) is 25.9 Å². The first-order chi connectivity index (χ1) is 9.04. The molecule has 1 aromatic rings. The van der Waals surface area contributed by atoms with Crippen molar-refractivity contribution < 1.29 is 4.39 Å². The molecule has 0 radical (unpaired) electrons. The molecule has 0 bridgehead atoms. The molecule has 2 rings (SSSR count). The summed E-state index contributed by atoms with van der Waals surface area (Å²) in [6.45, 7) is 7.19. The van der Waals surface area contributed by atoms with Crippen LogP contribution in [0, 0.1) is 5.82 Å². The van der Waals surface area contributed by atoms with Gasteiger partial charge in [0.1, 0.15) is 5.82 Å². The first-order valence-corrected chi connectivity index (χ1v) is 6.95. The number of anilines is 1. The Labute approximate surface area is 115 Å². The molecule has 106 valence electrons. The van der Waals surface area contributed by atoms with Gasteiger partial charge in [-0.05, 0) is 40.1 Å². The second-order valence-electron chi connectivity index (χ2n) is 5.49. The zero-order valence-electron chi connectivity index (χ0n) is 12.3. The highest BCUT2D eigenvalue weighted by molar-refractivity contribution is 5.56. The van der Waals surface area contributed by atoms with Crippen LogP contribution in [0.1, 0.15) is 25.5 Å². The van der Waals surface area contributed by atoms with Crippen molar-refractivity contribution in [1.29, 1.82) is 0 Å². The molecule has 1 N–H and O–H groups in total. The molecule has 0 spiro atoms. The van der Waals surface area contributed by atoms with Gasteiger partial charge in [0.25, 0.3) is 0 Å². The normalized spacial score (nSPS) is 22.6. The van der Waals surface area contributed by atoms with E-state index in [9.17, 15) is 4.39 Å². The van der Waals surface area contributed by atoms with Crippen LogP contribution in [-0.2, 0) is 0 Å². The second-order valence-corrected chi connectivity index (χ2v) is 5.49. The lowest BCUT2D eigenvalue weighted by molar-refractivity contribution is 0.275. The third-order valence-corrected chi connectivity index (χ3v) is 4.04. The molecule has 3 nitrogen and oxygen atoms in total. The van der Waals surface area contributed by atoms with Crippen molar-refractivity contribution >= 4 is 5.69 Å². The topological polar surface area (TPSA) is 18.5 Å². The van der Waals surface area contributed by atoms with Gasteiger partial charge >= 0.3 is 0 Å². The number of benzene rings is 1. The fraction of sp³-hybridized carbons (Fsp3) is 0.600. The fourth-order valence-electron chi connectivity index (χ4n) is 2.85. The molecule has 0 aromatic heterocycles. The van der Waals surface area contributed by atoms with E-state index in [0.717, 1.165) is 30.9 Å². The molecule has 1 aliphatic heterocycles. The quantitative estimate of drug-likeness (QED) is 0.904.